The second kappa shape index (κ2) is 6.74. The molecule has 1 amide bonds. The first-order valence-corrected chi connectivity index (χ1v) is 6.55. The highest BCUT2D eigenvalue weighted by molar-refractivity contribution is 5.82. The van der Waals surface area contributed by atoms with Gasteiger partial charge in [0.1, 0.15) is 6.29 Å². The number of carbonyl (C=O) groups excluding carboxylic acids is 2. The van der Waals surface area contributed by atoms with E-state index in [2.05, 4.69) is 5.32 Å². The van der Waals surface area contributed by atoms with Gasteiger partial charge in [0.25, 0.3) is 0 Å². The number of aldehydes is 1. The maximum absolute atomic E-state index is 12.0. The Labute approximate surface area is 103 Å². The van der Waals surface area contributed by atoms with Gasteiger partial charge in [0.15, 0.2) is 0 Å². The van der Waals surface area contributed by atoms with Crippen molar-refractivity contribution in [2.45, 2.75) is 58.0 Å². The normalized spacial score (nSPS) is 26.6. The van der Waals surface area contributed by atoms with Gasteiger partial charge in [-0.2, -0.15) is 0 Å². The lowest BCUT2D eigenvalue weighted by molar-refractivity contribution is -0.129. The molecule has 17 heavy (non-hydrogen) atoms. The first-order valence-electron chi connectivity index (χ1n) is 6.55. The minimum absolute atomic E-state index is 0.0462. The zero-order valence-electron chi connectivity index (χ0n) is 10.8. The van der Waals surface area contributed by atoms with Crippen LogP contribution in [0, 0.1) is 11.8 Å². The molecule has 0 spiro atoms. The fourth-order valence-corrected chi connectivity index (χ4v) is 2.43. The minimum Gasteiger partial charge on any atom is -0.346 e. The molecule has 1 saturated carbocycles. The van der Waals surface area contributed by atoms with E-state index in [1.807, 2.05) is 13.8 Å². The van der Waals surface area contributed by atoms with E-state index in [1.165, 1.54) is 0 Å². The number of nitrogens with two attached hydrogens (primary N) is 1. The van der Waals surface area contributed by atoms with Crippen LogP contribution in [0.3, 0.4) is 0 Å². The molecule has 98 valence electrons. The Hall–Kier alpha value is -0.900. The largest absolute Gasteiger partial charge is 0.346 e. The van der Waals surface area contributed by atoms with Gasteiger partial charge in [0.05, 0.1) is 12.0 Å². The highest BCUT2D eigenvalue weighted by atomic mass is 16.2. The van der Waals surface area contributed by atoms with Crippen LogP contribution in [0.25, 0.3) is 0 Å². The van der Waals surface area contributed by atoms with E-state index in [0.29, 0.717) is 12.3 Å². The predicted octanol–water partition coefficient (Wildman–Crippen LogP) is 1.23. The maximum atomic E-state index is 12.0. The third kappa shape index (κ3) is 4.46. The van der Waals surface area contributed by atoms with Crippen LogP contribution in [0.5, 0.6) is 0 Å². The summed E-state index contributed by atoms with van der Waals surface area (Å²) in [5, 5.41) is 2.81. The zero-order chi connectivity index (χ0) is 12.8. The lowest BCUT2D eigenvalue weighted by atomic mass is 9.84. The van der Waals surface area contributed by atoms with Crippen molar-refractivity contribution in [1.82, 2.24) is 5.32 Å². The summed E-state index contributed by atoms with van der Waals surface area (Å²) in [6.07, 6.45) is 5.44. The van der Waals surface area contributed by atoms with Gasteiger partial charge in [-0.15, -0.1) is 0 Å². The molecule has 4 nitrogen and oxygen atoms in total. The Balaban J connectivity index is 2.48. The SMILES string of the molecule is CC(C)C[C@H](C=O)NC(=O)[C@@H]1CCCC[C@@H]1N. The van der Waals surface area contributed by atoms with E-state index in [0.717, 1.165) is 32.0 Å². The smallest absolute Gasteiger partial charge is 0.225 e. The van der Waals surface area contributed by atoms with Crippen molar-refractivity contribution in [3.05, 3.63) is 0 Å². The molecule has 1 aliphatic rings. The number of nitrogens with one attached hydrogen (secondary N) is 1. The topological polar surface area (TPSA) is 72.2 Å². The summed E-state index contributed by atoms with van der Waals surface area (Å²) < 4.78 is 0. The average Bonchev–Trinajstić information content (AvgIpc) is 2.27. The Morgan fingerprint density at radius 3 is 2.59 bits per heavy atom. The standard InChI is InChI=1S/C13H24N2O2/c1-9(2)7-10(8-16)15-13(17)11-5-3-4-6-12(11)14/h8-12H,3-7,14H2,1-2H3,(H,15,17)/t10-,11-,12+/m1/s1. The van der Waals surface area contributed by atoms with Crippen LogP contribution in [0.15, 0.2) is 0 Å². The summed E-state index contributed by atoms with van der Waals surface area (Å²) in [5.74, 6) is 0.235. The van der Waals surface area contributed by atoms with Gasteiger partial charge in [-0.1, -0.05) is 26.7 Å². The van der Waals surface area contributed by atoms with Crippen LogP contribution < -0.4 is 11.1 Å². The maximum Gasteiger partial charge on any atom is 0.225 e. The first-order chi connectivity index (χ1) is 8.04. The number of amides is 1. The summed E-state index contributed by atoms with van der Waals surface area (Å²) in [6.45, 7) is 4.07. The van der Waals surface area contributed by atoms with Crippen molar-refractivity contribution in [1.29, 1.82) is 0 Å². The Morgan fingerprint density at radius 1 is 1.41 bits per heavy atom. The van der Waals surface area contributed by atoms with E-state index in [1.54, 1.807) is 0 Å². The van der Waals surface area contributed by atoms with Crippen molar-refractivity contribution in [3.8, 4) is 0 Å². The van der Waals surface area contributed by atoms with Gasteiger partial charge in [-0.25, -0.2) is 0 Å². The summed E-state index contributed by atoms with van der Waals surface area (Å²) in [5.41, 5.74) is 5.95. The molecule has 3 N–H and O–H groups in total. The van der Waals surface area contributed by atoms with E-state index < -0.39 is 0 Å². The summed E-state index contributed by atoms with van der Waals surface area (Å²) >= 11 is 0. The van der Waals surface area contributed by atoms with E-state index in [9.17, 15) is 9.59 Å². The van der Waals surface area contributed by atoms with Crippen LogP contribution in [-0.4, -0.2) is 24.3 Å². The predicted molar refractivity (Wildman–Crippen MR) is 67.4 cm³/mol. The van der Waals surface area contributed by atoms with Gasteiger partial charge in [0.2, 0.25) is 5.91 Å². The molecule has 0 aromatic carbocycles. The quantitative estimate of drug-likeness (QED) is 0.710. The Bertz CT molecular complexity index is 266. The molecule has 3 atom stereocenters. The van der Waals surface area contributed by atoms with Crippen LogP contribution in [0.2, 0.25) is 0 Å². The molecule has 1 rings (SSSR count). The van der Waals surface area contributed by atoms with Gasteiger partial charge < -0.3 is 15.8 Å². The molecule has 0 aliphatic heterocycles. The third-order valence-corrected chi connectivity index (χ3v) is 3.37. The molecule has 0 aromatic heterocycles. The molecule has 0 saturated heterocycles. The summed E-state index contributed by atoms with van der Waals surface area (Å²) in [7, 11) is 0. The van der Waals surface area contributed by atoms with Gasteiger partial charge in [-0.3, -0.25) is 4.79 Å². The molecule has 1 fully saturated rings. The number of carbonyl (C=O) groups is 2. The first kappa shape index (κ1) is 14.2. The Kier molecular flexibility index (Phi) is 5.62. The molecule has 0 unspecified atom stereocenters. The monoisotopic (exact) mass is 240 g/mol. The number of hydrogen-bond acceptors (Lipinski definition) is 3. The van der Waals surface area contributed by atoms with Crippen LogP contribution in [-0.2, 0) is 9.59 Å². The molecule has 0 radical (unpaired) electrons. The average molecular weight is 240 g/mol. The lowest BCUT2D eigenvalue weighted by Crippen LogP contribution is -2.47. The van der Waals surface area contributed by atoms with E-state index in [-0.39, 0.29) is 23.9 Å². The van der Waals surface area contributed by atoms with Crippen LogP contribution in [0.1, 0.15) is 46.0 Å². The molecule has 0 bridgehead atoms. The fraction of sp³-hybridized carbons (Fsp3) is 0.846. The lowest BCUT2D eigenvalue weighted by Gasteiger charge is -2.28. The van der Waals surface area contributed by atoms with Crippen molar-refractivity contribution in [3.63, 3.8) is 0 Å². The molecular formula is C13H24N2O2. The molecular weight excluding hydrogens is 216 g/mol. The molecule has 0 aromatic rings. The van der Waals surface area contributed by atoms with Crippen molar-refractivity contribution in [2.75, 3.05) is 0 Å². The third-order valence-electron chi connectivity index (χ3n) is 3.37. The van der Waals surface area contributed by atoms with Gasteiger partial charge in [-0.05, 0) is 25.2 Å². The van der Waals surface area contributed by atoms with Crippen molar-refractivity contribution in [2.24, 2.45) is 17.6 Å². The van der Waals surface area contributed by atoms with E-state index in [4.69, 9.17) is 5.73 Å². The zero-order valence-corrected chi connectivity index (χ0v) is 10.8. The molecule has 0 heterocycles. The Morgan fingerprint density at radius 2 is 2.06 bits per heavy atom. The fourth-order valence-electron chi connectivity index (χ4n) is 2.43. The molecule has 1 aliphatic carbocycles. The highest BCUT2D eigenvalue weighted by Gasteiger charge is 2.29. The minimum atomic E-state index is -0.364. The number of rotatable bonds is 5. The number of hydrogen-bond donors (Lipinski definition) is 2. The van der Waals surface area contributed by atoms with Crippen LogP contribution >= 0.6 is 0 Å². The van der Waals surface area contributed by atoms with Gasteiger partial charge in [0, 0.05) is 6.04 Å². The molecule has 4 heteroatoms. The van der Waals surface area contributed by atoms with Crippen molar-refractivity contribution >= 4 is 12.2 Å². The summed E-state index contributed by atoms with van der Waals surface area (Å²) in [6, 6.07) is -0.410. The second-order valence-electron chi connectivity index (χ2n) is 5.44. The van der Waals surface area contributed by atoms with E-state index >= 15 is 0 Å². The van der Waals surface area contributed by atoms with Crippen molar-refractivity contribution < 1.29 is 9.59 Å². The highest BCUT2D eigenvalue weighted by Crippen LogP contribution is 2.23. The van der Waals surface area contributed by atoms with Gasteiger partial charge >= 0.3 is 0 Å². The van der Waals surface area contributed by atoms with Crippen LogP contribution in [0.4, 0.5) is 0 Å². The second-order valence-corrected chi connectivity index (χ2v) is 5.44. The summed E-state index contributed by atoms with van der Waals surface area (Å²) in [4.78, 5) is 22.9.